The molecule has 0 bridgehead atoms. The molecule has 1 aliphatic rings. The van der Waals surface area contributed by atoms with Gasteiger partial charge in [-0.15, -0.1) is 0 Å². The lowest BCUT2D eigenvalue weighted by Crippen LogP contribution is -2.39. The molecular formula is C23H24N4O4S. The highest BCUT2D eigenvalue weighted by Crippen LogP contribution is 2.31. The van der Waals surface area contributed by atoms with Crippen molar-refractivity contribution >= 4 is 23.4 Å². The average molecular weight is 453 g/mol. The number of aromatic nitrogens is 3. The molecule has 4 rings (SSSR count). The van der Waals surface area contributed by atoms with Crippen LogP contribution in [0.4, 0.5) is 0 Å². The summed E-state index contributed by atoms with van der Waals surface area (Å²) < 4.78 is 14.4. The molecule has 1 aromatic carbocycles. The molecule has 0 saturated heterocycles. The van der Waals surface area contributed by atoms with E-state index in [1.807, 2.05) is 50.5 Å². The van der Waals surface area contributed by atoms with E-state index < -0.39 is 12.0 Å². The van der Waals surface area contributed by atoms with Gasteiger partial charge in [0.15, 0.2) is 4.80 Å². The van der Waals surface area contributed by atoms with E-state index in [-0.39, 0.29) is 12.2 Å². The smallest absolute Gasteiger partial charge is 0.338 e. The van der Waals surface area contributed by atoms with E-state index in [2.05, 4.69) is 10.1 Å². The monoisotopic (exact) mass is 452 g/mol. The molecule has 0 aliphatic carbocycles. The Bertz CT molecular complexity index is 1390. The Labute approximate surface area is 188 Å². The van der Waals surface area contributed by atoms with Crippen molar-refractivity contribution in [2.75, 3.05) is 13.7 Å². The van der Waals surface area contributed by atoms with Gasteiger partial charge in [-0.25, -0.2) is 9.79 Å². The van der Waals surface area contributed by atoms with Crippen LogP contribution in [0.3, 0.4) is 0 Å². The van der Waals surface area contributed by atoms with Gasteiger partial charge in [0.25, 0.3) is 5.56 Å². The maximum Gasteiger partial charge on any atom is 0.338 e. The SMILES string of the molecule is CCOC(=O)C1=C(C)N=c2s/c(=C\c3cn(C)nc3C)c(=O)n2[C@@H]1c1ccc(OC)cc1. The number of allylic oxidation sites excluding steroid dienone is 1. The molecule has 8 nitrogen and oxygen atoms in total. The van der Waals surface area contributed by atoms with E-state index in [0.29, 0.717) is 26.4 Å². The summed E-state index contributed by atoms with van der Waals surface area (Å²) in [5.41, 5.74) is 3.14. The van der Waals surface area contributed by atoms with E-state index in [1.54, 1.807) is 30.2 Å². The number of aryl methyl sites for hydroxylation is 2. The van der Waals surface area contributed by atoms with Crippen molar-refractivity contribution in [3.05, 3.63) is 78.2 Å². The van der Waals surface area contributed by atoms with Crippen LogP contribution in [0.2, 0.25) is 0 Å². The minimum Gasteiger partial charge on any atom is -0.497 e. The number of methoxy groups -OCH3 is 1. The van der Waals surface area contributed by atoms with Crippen LogP contribution in [0.15, 0.2) is 51.5 Å². The number of fused-ring (bicyclic) bond motifs is 1. The summed E-state index contributed by atoms with van der Waals surface area (Å²) in [6.07, 6.45) is 3.68. The van der Waals surface area contributed by atoms with Gasteiger partial charge in [-0.2, -0.15) is 5.10 Å². The summed E-state index contributed by atoms with van der Waals surface area (Å²) in [7, 11) is 3.43. The Hall–Kier alpha value is -3.46. The normalized spacial score (nSPS) is 16.0. The van der Waals surface area contributed by atoms with Gasteiger partial charge in [0, 0.05) is 18.8 Å². The van der Waals surface area contributed by atoms with Gasteiger partial charge in [0.2, 0.25) is 0 Å². The van der Waals surface area contributed by atoms with Gasteiger partial charge in [0.1, 0.15) is 5.75 Å². The van der Waals surface area contributed by atoms with E-state index in [0.717, 1.165) is 16.8 Å². The molecule has 0 fully saturated rings. The van der Waals surface area contributed by atoms with Gasteiger partial charge in [-0.3, -0.25) is 14.0 Å². The predicted octanol–water partition coefficient (Wildman–Crippen LogP) is 1.85. The zero-order valence-electron chi connectivity index (χ0n) is 18.6. The second-order valence-electron chi connectivity index (χ2n) is 7.42. The molecule has 166 valence electrons. The minimum absolute atomic E-state index is 0.216. The fourth-order valence-corrected chi connectivity index (χ4v) is 4.83. The van der Waals surface area contributed by atoms with Crippen molar-refractivity contribution in [2.45, 2.75) is 26.8 Å². The first-order valence-corrected chi connectivity index (χ1v) is 11.0. The number of hydrogen-bond donors (Lipinski definition) is 0. The Kier molecular flexibility index (Phi) is 5.84. The van der Waals surface area contributed by atoms with Crippen LogP contribution in [0.1, 0.15) is 36.7 Å². The third-order valence-corrected chi connectivity index (χ3v) is 6.27. The number of rotatable bonds is 5. The minimum atomic E-state index is -0.645. The van der Waals surface area contributed by atoms with Crippen molar-refractivity contribution in [2.24, 2.45) is 12.0 Å². The Morgan fingerprint density at radius 3 is 2.56 bits per heavy atom. The topological polar surface area (TPSA) is 87.7 Å². The molecule has 0 saturated carbocycles. The van der Waals surface area contributed by atoms with Gasteiger partial charge < -0.3 is 9.47 Å². The largest absolute Gasteiger partial charge is 0.497 e. The number of benzene rings is 1. The zero-order valence-corrected chi connectivity index (χ0v) is 19.4. The third kappa shape index (κ3) is 3.80. The van der Waals surface area contributed by atoms with E-state index >= 15 is 0 Å². The first-order valence-electron chi connectivity index (χ1n) is 10.2. The van der Waals surface area contributed by atoms with Crippen LogP contribution in [0, 0.1) is 6.92 Å². The summed E-state index contributed by atoms with van der Waals surface area (Å²) in [6, 6.07) is 6.67. The van der Waals surface area contributed by atoms with Crippen molar-refractivity contribution in [1.82, 2.24) is 14.3 Å². The Balaban J connectivity index is 1.95. The summed E-state index contributed by atoms with van der Waals surface area (Å²) in [6.45, 7) is 5.65. The van der Waals surface area contributed by atoms with Crippen molar-refractivity contribution in [1.29, 1.82) is 0 Å². The molecule has 0 spiro atoms. The lowest BCUT2D eigenvalue weighted by atomic mass is 9.96. The fourth-order valence-electron chi connectivity index (χ4n) is 3.79. The third-order valence-electron chi connectivity index (χ3n) is 5.29. The maximum atomic E-state index is 13.5. The summed E-state index contributed by atoms with van der Waals surface area (Å²) in [5.74, 6) is 0.207. The molecule has 2 aromatic heterocycles. The molecule has 0 amide bonds. The van der Waals surface area contributed by atoms with Crippen molar-refractivity contribution in [3.63, 3.8) is 0 Å². The molecule has 0 N–H and O–H groups in total. The number of hydrogen-bond acceptors (Lipinski definition) is 7. The molecule has 0 unspecified atom stereocenters. The first kappa shape index (κ1) is 21.8. The fraction of sp³-hybridized carbons (Fsp3) is 0.304. The average Bonchev–Trinajstić information content (AvgIpc) is 3.24. The summed E-state index contributed by atoms with van der Waals surface area (Å²) >= 11 is 1.29. The highest BCUT2D eigenvalue weighted by molar-refractivity contribution is 7.07. The number of nitrogens with zero attached hydrogens (tertiary/aromatic N) is 4. The highest BCUT2D eigenvalue weighted by Gasteiger charge is 2.33. The summed E-state index contributed by atoms with van der Waals surface area (Å²) in [4.78, 5) is 31.5. The number of carbonyl (C=O) groups is 1. The first-order chi connectivity index (χ1) is 15.3. The van der Waals surface area contributed by atoms with Gasteiger partial charge in [-0.1, -0.05) is 23.5 Å². The second kappa shape index (κ2) is 8.58. The lowest BCUT2D eigenvalue weighted by Gasteiger charge is -2.24. The molecule has 1 aliphatic heterocycles. The molecule has 1 atom stereocenters. The van der Waals surface area contributed by atoms with Crippen LogP contribution in [-0.4, -0.2) is 34.0 Å². The van der Waals surface area contributed by atoms with Gasteiger partial charge >= 0.3 is 5.97 Å². The lowest BCUT2D eigenvalue weighted by molar-refractivity contribution is -0.139. The van der Waals surface area contributed by atoms with Crippen LogP contribution in [-0.2, 0) is 16.6 Å². The highest BCUT2D eigenvalue weighted by atomic mass is 32.1. The molecular weight excluding hydrogens is 428 g/mol. The molecule has 3 aromatic rings. The van der Waals surface area contributed by atoms with E-state index in [1.165, 1.54) is 11.3 Å². The Morgan fingerprint density at radius 1 is 1.25 bits per heavy atom. The number of esters is 1. The maximum absolute atomic E-state index is 13.5. The van der Waals surface area contributed by atoms with Crippen LogP contribution in [0.5, 0.6) is 5.75 Å². The van der Waals surface area contributed by atoms with Crippen LogP contribution in [0.25, 0.3) is 6.08 Å². The van der Waals surface area contributed by atoms with Crippen LogP contribution >= 0.6 is 11.3 Å². The Morgan fingerprint density at radius 2 is 1.97 bits per heavy atom. The number of ether oxygens (including phenoxy) is 2. The molecule has 3 heterocycles. The standard InChI is InChI=1S/C23H24N4O4S/c1-6-31-22(29)19-14(3)24-23-27(20(19)15-7-9-17(30-5)10-8-15)21(28)18(32-23)11-16-12-26(4)25-13(16)2/h7-12,20H,6H2,1-5H3/b18-11-/t20-/m1/s1. The van der Waals surface area contributed by atoms with Crippen LogP contribution < -0.4 is 19.6 Å². The summed E-state index contributed by atoms with van der Waals surface area (Å²) in [5, 5.41) is 4.34. The second-order valence-corrected chi connectivity index (χ2v) is 8.43. The molecule has 9 heteroatoms. The zero-order chi connectivity index (χ0) is 23.0. The van der Waals surface area contributed by atoms with Crippen molar-refractivity contribution in [3.8, 4) is 5.75 Å². The van der Waals surface area contributed by atoms with Gasteiger partial charge in [-0.05, 0) is 44.5 Å². The number of thiazole rings is 1. The predicted molar refractivity (Wildman–Crippen MR) is 121 cm³/mol. The van der Waals surface area contributed by atoms with E-state index in [4.69, 9.17) is 9.47 Å². The van der Waals surface area contributed by atoms with Crippen molar-refractivity contribution < 1.29 is 14.3 Å². The molecule has 0 radical (unpaired) electrons. The quantitative estimate of drug-likeness (QED) is 0.552. The van der Waals surface area contributed by atoms with Gasteiger partial charge in [0.05, 0.1) is 41.3 Å². The molecule has 32 heavy (non-hydrogen) atoms. The van der Waals surface area contributed by atoms with E-state index in [9.17, 15) is 9.59 Å². The number of carbonyl (C=O) groups excluding carboxylic acids is 1.